The van der Waals surface area contributed by atoms with Crippen molar-refractivity contribution in [2.45, 2.75) is 0 Å². The lowest BCUT2D eigenvalue weighted by atomic mass is 10.2. The highest BCUT2D eigenvalue weighted by Gasteiger charge is 2.11. The average Bonchev–Trinajstić information content (AvgIpc) is 2.55. The summed E-state index contributed by atoms with van der Waals surface area (Å²) in [7, 11) is 0. The maximum atomic E-state index is 12.2. The summed E-state index contributed by atoms with van der Waals surface area (Å²) in [5.41, 5.74) is 7.18. The first-order chi connectivity index (χ1) is 11.1. The van der Waals surface area contributed by atoms with Crippen LogP contribution in [-0.2, 0) is 0 Å². The molecule has 0 bridgehead atoms. The highest BCUT2D eigenvalue weighted by atomic mass is 35.5. The molecule has 0 atom stereocenters. The lowest BCUT2D eigenvalue weighted by Gasteiger charge is -2.07. The van der Waals surface area contributed by atoms with Crippen molar-refractivity contribution in [2.75, 3.05) is 11.1 Å². The van der Waals surface area contributed by atoms with E-state index in [1.54, 1.807) is 42.6 Å². The summed E-state index contributed by atoms with van der Waals surface area (Å²) in [6.45, 7) is 0. The van der Waals surface area contributed by atoms with Crippen LogP contribution < -0.4 is 11.1 Å². The Bertz CT molecular complexity index is 854. The van der Waals surface area contributed by atoms with Gasteiger partial charge in [-0.1, -0.05) is 23.7 Å². The summed E-state index contributed by atoms with van der Waals surface area (Å²) >= 11 is 6.00. The molecular formula is C16H12ClN5O. The maximum Gasteiger partial charge on any atom is 0.256 e. The lowest BCUT2D eigenvalue weighted by Crippen LogP contribution is -2.13. The quantitative estimate of drug-likeness (QED) is 0.570. The van der Waals surface area contributed by atoms with Crippen LogP contribution in [0.3, 0.4) is 0 Å². The van der Waals surface area contributed by atoms with Gasteiger partial charge in [-0.15, -0.1) is 0 Å². The minimum Gasteiger partial charge on any atom is -0.399 e. The van der Waals surface area contributed by atoms with Gasteiger partial charge in [-0.05, 0) is 30.3 Å². The number of nitrogens with one attached hydrogen (secondary N) is 1. The first-order valence-electron chi connectivity index (χ1n) is 6.75. The molecule has 0 saturated carbocycles. The molecule has 0 unspecified atom stereocenters. The van der Waals surface area contributed by atoms with E-state index in [9.17, 15) is 4.79 Å². The minimum atomic E-state index is -0.334. The molecule has 2 aromatic heterocycles. The van der Waals surface area contributed by atoms with E-state index in [0.717, 1.165) is 0 Å². The Kier molecular flexibility index (Phi) is 4.16. The number of rotatable bonds is 3. The van der Waals surface area contributed by atoms with Crippen molar-refractivity contribution in [3.8, 4) is 11.5 Å². The highest BCUT2D eigenvalue weighted by Crippen LogP contribution is 2.19. The molecule has 3 rings (SSSR count). The summed E-state index contributed by atoms with van der Waals surface area (Å²) in [6.07, 6.45) is 1.63. The molecule has 2 heterocycles. The van der Waals surface area contributed by atoms with Crippen molar-refractivity contribution in [3.63, 3.8) is 0 Å². The number of nitrogens with zero attached hydrogens (tertiary/aromatic N) is 3. The van der Waals surface area contributed by atoms with Crippen LogP contribution >= 0.6 is 11.6 Å². The van der Waals surface area contributed by atoms with Crippen molar-refractivity contribution < 1.29 is 4.79 Å². The van der Waals surface area contributed by atoms with Crippen LogP contribution in [0, 0.1) is 0 Å². The molecule has 6 nitrogen and oxygen atoms in total. The molecule has 0 aliphatic heterocycles. The van der Waals surface area contributed by atoms with E-state index < -0.39 is 0 Å². The third kappa shape index (κ3) is 3.61. The second kappa shape index (κ2) is 6.41. The van der Waals surface area contributed by atoms with Crippen molar-refractivity contribution in [2.24, 2.45) is 0 Å². The van der Waals surface area contributed by atoms with Crippen molar-refractivity contribution in [1.82, 2.24) is 15.0 Å². The smallest absolute Gasteiger partial charge is 0.256 e. The van der Waals surface area contributed by atoms with E-state index in [4.69, 9.17) is 17.3 Å². The molecular weight excluding hydrogens is 314 g/mol. The van der Waals surface area contributed by atoms with Crippen molar-refractivity contribution >= 4 is 29.0 Å². The van der Waals surface area contributed by atoms with Gasteiger partial charge in [-0.25, -0.2) is 9.97 Å². The van der Waals surface area contributed by atoms with Gasteiger partial charge < -0.3 is 11.1 Å². The highest BCUT2D eigenvalue weighted by molar-refractivity contribution is 6.29. The molecule has 0 radical (unpaired) electrons. The molecule has 0 fully saturated rings. The number of nitrogen functional groups attached to an aromatic ring is 1. The van der Waals surface area contributed by atoms with Crippen LogP contribution in [0.25, 0.3) is 11.5 Å². The Hall–Kier alpha value is -2.99. The van der Waals surface area contributed by atoms with Gasteiger partial charge in [0.05, 0.1) is 0 Å². The number of aromatic nitrogens is 3. The fraction of sp³-hybridized carbons (Fsp3) is 0. The van der Waals surface area contributed by atoms with Crippen molar-refractivity contribution in [3.05, 3.63) is 65.4 Å². The number of anilines is 2. The zero-order valence-corrected chi connectivity index (χ0v) is 12.7. The predicted molar refractivity (Wildman–Crippen MR) is 89.1 cm³/mol. The monoisotopic (exact) mass is 325 g/mol. The van der Waals surface area contributed by atoms with Crippen LogP contribution in [0.1, 0.15) is 10.4 Å². The lowest BCUT2D eigenvalue weighted by molar-refractivity contribution is 0.102. The van der Waals surface area contributed by atoms with Crippen LogP contribution in [-0.4, -0.2) is 20.9 Å². The number of carbonyl (C=O) groups excluding carboxylic acids is 1. The SMILES string of the molecule is Nc1cccc(C(=O)Nc2cc(Cl)nc(-c3ccccn3)n2)c1. The predicted octanol–water partition coefficient (Wildman–Crippen LogP) is 3.03. The number of amides is 1. The summed E-state index contributed by atoms with van der Waals surface area (Å²) in [6, 6.07) is 13.5. The van der Waals surface area contributed by atoms with Gasteiger partial charge in [-0.3, -0.25) is 9.78 Å². The number of benzene rings is 1. The number of hydrogen-bond donors (Lipinski definition) is 2. The molecule has 0 saturated heterocycles. The van der Waals surface area contributed by atoms with Crippen LogP contribution in [0.4, 0.5) is 11.5 Å². The van der Waals surface area contributed by atoms with E-state index in [1.165, 1.54) is 6.07 Å². The van der Waals surface area contributed by atoms with Crippen LogP contribution in [0.5, 0.6) is 0 Å². The fourth-order valence-corrected chi connectivity index (χ4v) is 2.14. The minimum absolute atomic E-state index is 0.212. The van der Waals surface area contributed by atoms with E-state index in [-0.39, 0.29) is 16.9 Å². The van der Waals surface area contributed by atoms with Gasteiger partial charge >= 0.3 is 0 Å². The number of nitrogens with two attached hydrogens (primary N) is 1. The molecule has 0 aliphatic carbocycles. The molecule has 1 aromatic carbocycles. The Morgan fingerprint density at radius 1 is 1.09 bits per heavy atom. The van der Waals surface area contributed by atoms with Gasteiger partial charge in [0.15, 0.2) is 5.82 Å². The fourth-order valence-electron chi connectivity index (χ4n) is 1.96. The molecule has 1 amide bonds. The molecule has 114 valence electrons. The molecule has 23 heavy (non-hydrogen) atoms. The van der Waals surface area contributed by atoms with E-state index in [0.29, 0.717) is 22.8 Å². The topological polar surface area (TPSA) is 93.8 Å². The summed E-state index contributed by atoms with van der Waals surface area (Å²) < 4.78 is 0. The molecule has 3 N–H and O–H groups in total. The zero-order chi connectivity index (χ0) is 16.2. The van der Waals surface area contributed by atoms with Gasteiger partial charge in [0.2, 0.25) is 0 Å². The standard InChI is InChI=1S/C16H12ClN5O/c17-13-9-14(21-15(20-13)12-6-1-2-7-19-12)22-16(23)10-4-3-5-11(18)8-10/h1-9H,18H2,(H,20,21,22,23). The molecule has 3 aromatic rings. The summed E-state index contributed by atoms with van der Waals surface area (Å²) in [5.74, 6) is 0.290. The zero-order valence-electron chi connectivity index (χ0n) is 11.9. The molecule has 7 heteroatoms. The third-order valence-electron chi connectivity index (χ3n) is 2.98. The Morgan fingerprint density at radius 3 is 2.70 bits per heavy atom. The number of carbonyl (C=O) groups is 1. The summed E-state index contributed by atoms with van der Waals surface area (Å²) in [5, 5.41) is 2.89. The Labute approximate surface area is 137 Å². The van der Waals surface area contributed by atoms with Crippen molar-refractivity contribution in [1.29, 1.82) is 0 Å². The number of hydrogen-bond acceptors (Lipinski definition) is 5. The normalized spacial score (nSPS) is 10.3. The Balaban J connectivity index is 1.89. The van der Waals surface area contributed by atoms with Gasteiger partial charge in [-0.2, -0.15) is 0 Å². The second-order valence-corrected chi connectivity index (χ2v) is 5.08. The first kappa shape index (κ1) is 14.9. The third-order valence-corrected chi connectivity index (χ3v) is 3.17. The molecule has 0 spiro atoms. The molecule has 0 aliphatic rings. The van der Waals surface area contributed by atoms with Crippen LogP contribution in [0.2, 0.25) is 5.15 Å². The van der Waals surface area contributed by atoms with Crippen LogP contribution in [0.15, 0.2) is 54.7 Å². The largest absolute Gasteiger partial charge is 0.399 e. The van der Waals surface area contributed by atoms with Gasteiger partial charge in [0, 0.05) is 23.5 Å². The second-order valence-electron chi connectivity index (χ2n) is 4.69. The van der Waals surface area contributed by atoms with E-state index in [1.807, 2.05) is 6.07 Å². The number of pyridine rings is 1. The first-order valence-corrected chi connectivity index (χ1v) is 7.12. The van der Waals surface area contributed by atoms with Gasteiger partial charge in [0.25, 0.3) is 5.91 Å². The Morgan fingerprint density at radius 2 is 1.96 bits per heavy atom. The summed E-state index contributed by atoms with van der Waals surface area (Å²) in [4.78, 5) is 24.8. The maximum absolute atomic E-state index is 12.2. The van der Waals surface area contributed by atoms with E-state index in [2.05, 4.69) is 20.3 Å². The van der Waals surface area contributed by atoms with Gasteiger partial charge in [0.1, 0.15) is 16.7 Å². The van der Waals surface area contributed by atoms with E-state index >= 15 is 0 Å². The average molecular weight is 326 g/mol. The number of halogens is 1.